The van der Waals surface area contributed by atoms with E-state index in [0.717, 1.165) is 21.9 Å². The summed E-state index contributed by atoms with van der Waals surface area (Å²) in [5.41, 5.74) is 8.96. The molecule has 0 fully saturated rings. The number of allylic oxidation sites excluding steroid dienone is 4. The fraction of sp³-hybridized carbons (Fsp3) is 0.282. The third-order valence-corrected chi connectivity index (χ3v) is 10.2. The molecule has 0 saturated heterocycles. The lowest BCUT2D eigenvalue weighted by atomic mass is 9.69. The van der Waals surface area contributed by atoms with Crippen LogP contribution in [0.4, 0.5) is 0 Å². The minimum absolute atomic E-state index is 0.0510. The molecule has 1 N–H and O–H groups in total. The van der Waals surface area contributed by atoms with Crippen LogP contribution in [0.2, 0.25) is 0 Å². The van der Waals surface area contributed by atoms with Crippen molar-refractivity contribution in [2.24, 2.45) is 5.92 Å². The van der Waals surface area contributed by atoms with Gasteiger partial charge in [-0.05, 0) is 90.6 Å². The number of furan rings is 1. The van der Waals surface area contributed by atoms with Crippen LogP contribution in [0, 0.1) is 5.92 Å². The summed E-state index contributed by atoms with van der Waals surface area (Å²) in [6.45, 7) is 12.2. The van der Waals surface area contributed by atoms with Crippen molar-refractivity contribution in [2.75, 3.05) is 0 Å². The molecule has 0 radical (unpaired) electrons. The van der Waals surface area contributed by atoms with Crippen molar-refractivity contribution in [3.63, 3.8) is 0 Å². The SMILES string of the molecule is CC1(C)c2cc(-c3cccc4oc5ccc(-c6ccccc6)cc5c34)ccc2C2C=CC(BOC(C)(C)C(C)(C)O)=CC21. The molecule has 5 aromatic rings. The molecule has 0 amide bonds. The summed E-state index contributed by atoms with van der Waals surface area (Å²) in [5.74, 6) is 0.676. The molecule has 0 aliphatic heterocycles. The maximum Gasteiger partial charge on any atom is 0.309 e. The van der Waals surface area contributed by atoms with Gasteiger partial charge in [0.1, 0.15) is 11.2 Å². The van der Waals surface area contributed by atoms with Crippen molar-refractivity contribution in [1.82, 2.24) is 0 Å². The Labute approximate surface area is 255 Å². The summed E-state index contributed by atoms with van der Waals surface area (Å²) in [6.07, 6.45) is 6.96. The largest absolute Gasteiger partial charge is 0.456 e. The second kappa shape index (κ2) is 9.84. The van der Waals surface area contributed by atoms with E-state index in [-0.39, 0.29) is 5.41 Å². The van der Waals surface area contributed by atoms with Crippen LogP contribution < -0.4 is 0 Å². The normalized spacial score (nSPS) is 19.4. The molecule has 7 rings (SSSR count). The van der Waals surface area contributed by atoms with E-state index in [9.17, 15) is 5.11 Å². The van der Waals surface area contributed by atoms with E-state index >= 15 is 0 Å². The monoisotopic (exact) mass is 566 g/mol. The first kappa shape index (κ1) is 27.9. The smallest absolute Gasteiger partial charge is 0.309 e. The molecule has 4 heteroatoms. The van der Waals surface area contributed by atoms with Crippen LogP contribution in [-0.2, 0) is 10.1 Å². The topological polar surface area (TPSA) is 42.6 Å². The summed E-state index contributed by atoms with van der Waals surface area (Å²) in [6, 6.07) is 30.5. The Balaban J connectivity index is 1.26. The van der Waals surface area contributed by atoms with Crippen molar-refractivity contribution < 1.29 is 14.2 Å². The highest BCUT2D eigenvalue weighted by Crippen LogP contribution is 2.54. The predicted octanol–water partition coefficient (Wildman–Crippen LogP) is 9.28. The first-order chi connectivity index (χ1) is 20.4. The molecule has 43 heavy (non-hydrogen) atoms. The van der Waals surface area contributed by atoms with Gasteiger partial charge in [-0.3, -0.25) is 0 Å². The Morgan fingerprint density at radius 2 is 1.58 bits per heavy atom. The van der Waals surface area contributed by atoms with Crippen LogP contribution in [0.15, 0.2) is 113 Å². The first-order valence-corrected chi connectivity index (χ1v) is 15.3. The summed E-state index contributed by atoms with van der Waals surface area (Å²) in [7, 11) is 0.481. The molecule has 0 bridgehead atoms. The van der Waals surface area contributed by atoms with E-state index in [1.54, 1.807) is 13.8 Å². The Morgan fingerprint density at radius 1 is 0.814 bits per heavy atom. The number of aliphatic hydroxyl groups is 1. The van der Waals surface area contributed by atoms with Crippen LogP contribution in [-0.4, -0.2) is 23.8 Å². The molecule has 1 heterocycles. The second-order valence-electron chi connectivity index (χ2n) is 13.9. The molecule has 4 aromatic carbocycles. The van der Waals surface area contributed by atoms with Crippen LogP contribution >= 0.6 is 0 Å². The lowest BCUT2D eigenvalue weighted by molar-refractivity contribution is -0.0896. The number of rotatable bonds is 6. The van der Waals surface area contributed by atoms with Gasteiger partial charge in [0, 0.05) is 16.7 Å². The lowest BCUT2D eigenvalue weighted by Crippen LogP contribution is -2.48. The van der Waals surface area contributed by atoms with Crippen molar-refractivity contribution in [2.45, 2.75) is 64.1 Å². The maximum atomic E-state index is 10.6. The van der Waals surface area contributed by atoms with Gasteiger partial charge in [0.25, 0.3) is 0 Å². The van der Waals surface area contributed by atoms with Gasteiger partial charge in [0.2, 0.25) is 0 Å². The van der Waals surface area contributed by atoms with E-state index in [1.165, 1.54) is 38.9 Å². The van der Waals surface area contributed by atoms with Crippen LogP contribution in [0.5, 0.6) is 0 Å². The minimum atomic E-state index is -0.931. The zero-order valence-electron chi connectivity index (χ0n) is 25.9. The number of benzene rings is 4. The van der Waals surface area contributed by atoms with Crippen LogP contribution in [0.25, 0.3) is 44.2 Å². The van der Waals surface area contributed by atoms with E-state index in [1.807, 2.05) is 13.8 Å². The van der Waals surface area contributed by atoms with E-state index in [0.29, 0.717) is 19.3 Å². The highest BCUT2D eigenvalue weighted by Gasteiger charge is 2.45. The Bertz CT molecular complexity index is 1920. The molecule has 1 aromatic heterocycles. The molecule has 2 atom stereocenters. The Kier molecular flexibility index (Phi) is 6.39. The quantitative estimate of drug-likeness (QED) is 0.208. The second-order valence-corrected chi connectivity index (χ2v) is 13.9. The van der Waals surface area contributed by atoms with Crippen molar-refractivity contribution in [3.8, 4) is 22.3 Å². The van der Waals surface area contributed by atoms with Crippen LogP contribution in [0.3, 0.4) is 0 Å². The fourth-order valence-electron chi connectivity index (χ4n) is 6.86. The molecule has 0 spiro atoms. The molecular formula is C39H39BO3. The average molecular weight is 567 g/mol. The third kappa shape index (κ3) is 4.59. The molecule has 216 valence electrons. The summed E-state index contributed by atoms with van der Waals surface area (Å²) < 4.78 is 12.6. The fourth-order valence-corrected chi connectivity index (χ4v) is 6.86. The maximum absolute atomic E-state index is 10.6. The lowest BCUT2D eigenvalue weighted by Gasteiger charge is -2.38. The highest BCUT2D eigenvalue weighted by atomic mass is 16.5. The molecule has 2 unspecified atom stereocenters. The van der Waals surface area contributed by atoms with Gasteiger partial charge in [0.15, 0.2) is 0 Å². The van der Waals surface area contributed by atoms with Gasteiger partial charge >= 0.3 is 7.48 Å². The van der Waals surface area contributed by atoms with Gasteiger partial charge in [-0.25, -0.2) is 0 Å². The van der Waals surface area contributed by atoms with Gasteiger partial charge in [-0.15, -0.1) is 0 Å². The van der Waals surface area contributed by atoms with Crippen molar-refractivity contribution >= 4 is 29.4 Å². The average Bonchev–Trinajstić information content (AvgIpc) is 3.47. The van der Waals surface area contributed by atoms with E-state index in [4.69, 9.17) is 9.07 Å². The van der Waals surface area contributed by atoms with Gasteiger partial charge in [-0.2, -0.15) is 0 Å². The summed E-state index contributed by atoms with van der Waals surface area (Å²) >= 11 is 0. The van der Waals surface area contributed by atoms with Crippen molar-refractivity contribution in [1.29, 1.82) is 0 Å². The van der Waals surface area contributed by atoms with Gasteiger partial charge < -0.3 is 14.2 Å². The molecule has 2 aliphatic carbocycles. The predicted molar refractivity (Wildman–Crippen MR) is 180 cm³/mol. The number of fused-ring (bicyclic) bond motifs is 6. The molecule has 2 aliphatic rings. The summed E-state index contributed by atoms with van der Waals surface area (Å²) in [4.78, 5) is 0. The van der Waals surface area contributed by atoms with Crippen LogP contribution in [0.1, 0.15) is 58.6 Å². The molecule has 0 saturated carbocycles. The standard InChI is InChI=1S/C39H39BO3/c1-37(2)32-22-26(15-18-29(32)30-19-17-27(23-33(30)37)40-43-39(5,6)38(3,4)41)28-13-10-14-35-36(28)31-21-25(16-20-34(31)42-35)24-11-8-7-9-12-24/h7-23,30,33,40-41H,1-6H3. The first-order valence-electron chi connectivity index (χ1n) is 15.3. The Hall–Kier alpha value is -3.86. The zero-order chi connectivity index (χ0) is 30.1. The Morgan fingerprint density at radius 3 is 2.35 bits per heavy atom. The minimum Gasteiger partial charge on any atom is -0.456 e. The van der Waals surface area contributed by atoms with Gasteiger partial charge in [-0.1, -0.05) is 104 Å². The van der Waals surface area contributed by atoms with Crippen molar-refractivity contribution in [3.05, 3.63) is 120 Å². The van der Waals surface area contributed by atoms with E-state index in [2.05, 4.69) is 117 Å². The zero-order valence-corrected chi connectivity index (χ0v) is 25.9. The van der Waals surface area contributed by atoms with Gasteiger partial charge in [0.05, 0.1) is 11.2 Å². The molecule has 3 nitrogen and oxygen atoms in total. The van der Waals surface area contributed by atoms with E-state index < -0.39 is 11.2 Å². The molecular weight excluding hydrogens is 527 g/mol. The summed E-state index contributed by atoms with van der Waals surface area (Å²) in [5, 5.41) is 12.9. The third-order valence-electron chi connectivity index (χ3n) is 10.2. The number of hydrogen-bond donors (Lipinski definition) is 1. The number of hydrogen-bond acceptors (Lipinski definition) is 3. The highest BCUT2D eigenvalue weighted by molar-refractivity contribution is 6.39.